The summed E-state index contributed by atoms with van der Waals surface area (Å²) in [6.45, 7) is 4.43. The highest BCUT2D eigenvalue weighted by atomic mass is 16.5. The predicted octanol–water partition coefficient (Wildman–Crippen LogP) is 4.45. The van der Waals surface area contributed by atoms with Crippen LogP contribution in [0, 0.1) is 0 Å². The molecule has 1 unspecified atom stereocenters. The fourth-order valence-electron chi connectivity index (χ4n) is 4.18. The Kier molecular flexibility index (Phi) is 2.66. The van der Waals surface area contributed by atoms with Crippen molar-refractivity contribution in [2.75, 3.05) is 11.9 Å². The number of aliphatic imine (C=N–C) groups is 1. The molecule has 0 bridgehead atoms. The van der Waals surface area contributed by atoms with E-state index in [1.165, 1.54) is 11.3 Å². The van der Waals surface area contributed by atoms with E-state index in [2.05, 4.69) is 61.1 Å². The first kappa shape index (κ1) is 14.5. The number of nitrogens with zero attached hydrogens (tertiary/aromatic N) is 3. The standard InChI is InChI=1S/C21H19N3O/c1-20(2)15-8-4-5-9-17(15)24(3)21(20)13-23-16-11-10-14-7-6-12-22-18(14)19(16)25-21/h4-13H,1-3H3. The molecule has 1 spiro atoms. The second-order valence-corrected chi connectivity index (χ2v) is 7.25. The number of para-hydroxylation sites is 1. The Morgan fingerprint density at radius 3 is 2.68 bits per heavy atom. The molecule has 3 heterocycles. The number of rotatable bonds is 0. The van der Waals surface area contributed by atoms with Crippen LogP contribution in [-0.4, -0.2) is 24.0 Å². The van der Waals surface area contributed by atoms with Gasteiger partial charge in [0.1, 0.15) is 11.2 Å². The van der Waals surface area contributed by atoms with E-state index in [-0.39, 0.29) is 5.41 Å². The Balaban J connectivity index is 1.75. The van der Waals surface area contributed by atoms with Crippen molar-refractivity contribution in [3.8, 4) is 5.75 Å². The predicted molar refractivity (Wildman–Crippen MR) is 101 cm³/mol. The van der Waals surface area contributed by atoms with Crippen LogP contribution in [0.1, 0.15) is 19.4 Å². The van der Waals surface area contributed by atoms with Crippen molar-refractivity contribution < 1.29 is 4.74 Å². The van der Waals surface area contributed by atoms with E-state index in [1.807, 2.05) is 24.4 Å². The molecule has 0 saturated carbocycles. The molecule has 2 aliphatic heterocycles. The molecule has 0 aliphatic carbocycles. The lowest BCUT2D eigenvalue weighted by Crippen LogP contribution is -2.61. The monoisotopic (exact) mass is 329 g/mol. The van der Waals surface area contributed by atoms with E-state index in [0.717, 1.165) is 22.3 Å². The molecule has 2 aliphatic rings. The number of anilines is 1. The molecule has 3 aromatic rings. The van der Waals surface area contributed by atoms with E-state index in [0.29, 0.717) is 0 Å². The van der Waals surface area contributed by atoms with Gasteiger partial charge >= 0.3 is 0 Å². The Hall–Kier alpha value is -2.88. The molecule has 0 radical (unpaired) electrons. The topological polar surface area (TPSA) is 37.7 Å². The van der Waals surface area contributed by atoms with E-state index in [4.69, 9.17) is 9.73 Å². The second-order valence-electron chi connectivity index (χ2n) is 7.25. The maximum Gasteiger partial charge on any atom is 0.228 e. The van der Waals surface area contributed by atoms with Crippen molar-refractivity contribution in [2.24, 2.45) is 4.99 Å². The van der Waals surface area contributed by atoms with E-state index in [1.54, 1.807) is 6.20 Å². The van der Waals surface area contributed by atoms with Gasteiger partial charge in [0.15, 0.2) is 5.75 Å². The molecular weight excluding hydrogens is 310 g/mol. The molecule has 124 valence electrons. The molecule has 2 aromatic carbocycles. The number of ether oxygens (including phenoxy) is 1. The van der Waals surface area contributed by atoms with Crippen LogP contribution in [0.15, 0.2) is 59.7 Å². The van der Waals surface area contributed by atoms with Crippen molar-refractivity contribution in [1.82, 2.24) is 4.98 Å². The molecule has 1 aromatic heterocycles. The molecule has 0 fully saturated rings. The fourth-order valence-corrected chi connectivity index (χ4v) is 4.18. The van der Waals surface area contributed by atoms with Gasteiger partial charge < -0.3 is 9.64 Å². The lowest BCUT2D eigenvalue weighted by atomic mass is 9.77. The molecule has 0 amide bonds. The first-order valence-electron chi connectivity index (χ1n) is 8.50. The first-order chi connectivity index (χ1) is 12.0. The summed E-state index contributed by atoms with van der Waals surface area (Å²) >= 11 is 0. The van der Waals surface area contributed by atoms with Crippen molar-refractivity contribution in [3.63, 3.8) is 0 Å². The minimum absolute atomic E-state index is 0.253. The highest BCUT2D eigenvalue weighted by Crippen LogP contribution is 2.54. The van der Waals surface area contributed by atoms with Gasteiger partial charge in [-0.15, -0.1) is 0 Å². The summed E-state index contributed by atoms with van der Waals surface area (Å²) in [6.07, 6.45) is 3.75. The van der Waals surface area contributed by atoms with Gasteiger partial charge in [-0.05, 0) is 37.6 Å². The van der Waals surface area contributed by atoms with E-state index >= 15 is 0 Å². The van der Waals surface area contributed by atoms with Gasteiger partial charge in [0, 0.05) is 24.3 Å². The Labute approximate surface area is 146 Å². The molecule has 5 rings (SSSR count). The van der Waals surface area contributed by atoms with Crippen LogP contribution >= 0.6 is 0 Å². The van der Waals surface area contributed by atoms with Gasteiger partial charge in [-0.1, -0.05) is 30.3 Å². The number of benzene rings is 2. The number of fused-ring (bicyclic) bond motifs is 4. The average molecular weight is 329 g/mol. The number of pyridine rings is 1. The SMILES string of the molecule is CN1c2ccccc2C(C)(C)C12C=Nc1ccc3cccnc3c1O2. The summed E-state index contributed by atoms with van der Waals surface area (Å²) in [7, 11) is 2.07. The first-order valence-corrected chi connectivity index (χ1v) is 8.50. The average Bonchev–Trinajstić information content (AvgIpc) is 2.81. The van der Waals surface area contributed by atoms with Crippen LogP contribution in [0.4, 0.5) is 11.4 Å². The summed E-state index contributed by atoms with van der Waals surface area (Å²) in [4.78, 5) is 11.5. The van der Waals surface area contributed by atoms with Gasteiger partial charge in [0.25, 0.3) is 0 Å². The summed E-state index contributed by atoms with van der Waals surface area (Å²) in [5.41, 5.74) is 3.20. The largest absolute Gasteiger partial charge is 0.457 e. The lowest BCUT2D eigenvalue weighted by Gasteiger charge is -2.44. The molecule has 25 heavy (non-hydrogen) atoms. The smallest absolute Gasteiger partial charge is 0.228 e. The van der Waals surface area contributed by atoms with Gasteiger partial charge in [-0.3, -0.25) is 9.98 Å². The minimum atomic E-state index is -0.671. The quantitative estimate of drug-likeness (QED) is 0.611. The molecule has 0 saturated heterocycles. The molecular formula is C21H19N3O. The van der Waals surface area contributed by atoms with E-state index in [9.17, 15) is 0 Å². The second kappa shape index (κ2) is 4.60. The zero-order chi connectivity index (χ0) is 17.2. The van der Waals surface area contributed by atoms with Crippen molar-refractivity contribution in [1.29, 1.82) is 0 Å². The fraction of sp³-hybridized carbons (Fsp3) is 0.238. The normalized spacial score (nSPS) is 22.8. The highest BCUT2D eigenvalue weighted by Gasteiger charge is 2.58. The van der Waals surface area contributed by atoms with Crippen molar-refractivity contribution >= 4 is 28.5 Å². The Bertz CT molecular complexity index is 1040. The van der Waals surface area contributed by atoms with Crippen LogP contribution in [0.2, 0.25) is 0 Å². The third kappa shape index (κ3) is 1.66. The number of hydrogen-bond donors (Lipinski definition) is 0. The number of aromatic nitrogens is 1. The van der Waals surface area contributed by atoms with Crippen LogP contribution in [-0.2, 0) is 5.41 Å². The Morgan fingerprint density at radius 2 is 1.84 bits per heavy atom. The molecule has 0 N–H and O–H groups in total. The maximum atomic E-state index is 6.72. The summed E-state index contributed by atoms with van der Waals surface area (Å²) in [5, 5.41) is 1.06. The zero-order valence-corrected chi connectivity index (χ0v) is 14.5. The molecule has 4 nitrogen and oxygen atoms in total. The number of hydrogen-bond acceptors (Lipinski definition) is 4. The third-order valence-corrected chi connectivity index (χ3v) is 5.68. The third-order valence-electron chi connectivity index (χ3n) is 5.68. The van der Waals surface area contributed by atoms with Crippen LogP contribution in [0.5, 0.6) is 5.75 Å². The Morgan fingerprint density at radius 1 is 1.00 bits per heavy atom. The minimum Gasteiger partial charge on any atom is -0.457 e. The lowest BCUT2D eigenvalue weighted by molar-refractivity contribution is 0.0840. The summed E-state index contributed by atoms with van der Waals surface area (Å²) < 4.78 is 6.72. The molecule has 4 heteroatoms. The zero-order valence-electron chi connectivity index (χ0n) is 14.5. The highest BCUT2D eigenvalue weighted by molar-refractivity contribution is 5.95. The van der Waals surface area contributed by atoms with Gasteiger partial charge in [-0.25, -0.2) is 0 Å². The maximum absolute atomic E-state index is 6.72. The summed E-state index contributed by atoms with van der Waals surface area (Å²) in [5.74, 6) is 0.758. The van der Waals surface area contributed by atoms with Gasteiger partial charge in [-0.2, -0.15) is 0 Å². The van der Waals surface area contributed by atoms with Crippen LogP contribution in [0.3, 0.4) is 0 Å². The van der Waals surface area contributed by atoms with E-state index < -0.39 is 5.72 Å². The summed E-state index contributed by atoms with van der Waals surface area (Å²) in [6, 6.07) is 16.5. The van der Waals surface area contributed by atoms with Crippen LogP contribution in [0.25, 0.3) is 10.9 Å². The van der Waals surface area contributed by atoms with Gasteiger partial charge in [0.05, 0.1) is 11.6 Å². The van der Waals surface area contributed by atoms with Crippen LogP contribution < -0.4 is 9.64 Å². The number of likely N-dealkylation sites (N-methyl/N-ethyl adjacent to an activating group) is 1. The van der Waals surface area contributed by atoms with Crippen molar-refractivity contribution in [3.05, 3.63) is 60.3 Å². The van der Waals surface area contributed by atoms with Gasteiger partial charge in [0.2, 0.25) is 5.72 Å². The van der Waals surface area contributed by atoms with Crippen molar-refractivity contribution in [2.45, 2.75) is 25.0 Å². The molecule has 1 atom stereocenters.